The standard InChI is InChI=1S/C87H148O17P2/c1-5-9-13-17-21-25-29-33-36-38-40-42-45-49-52-56-60-64-68-72-85(90)98-78-83(104-87(92)74-70-66-62-58-54-50-46-43-41-39-37-34-30-26-22-18-14-10-6-2)80-102-106(95,96)100-76-81(88)75-99-105(93,94)101-79-82(103-86(91)73-69-65-61-57-53-47-32-28-24-20-16-12-8-4)77-97-84(89)71-67-63-59-55-51-48-44-35-31-27-23-19-15-11-7-3/h9,11,13,15,21-23,25-27,33-37,40-44,49,52,81-83,88H,5-8,10,12,14,16-20,24,28-32,38-39,45-48,50-51,53-80H2,1-4H3,(H,93,94)(H,95,96)/b13-9-,15-11-,25-21-,26-22-,27-23-,36-33-,37-34-,42-40-,43-41-,44-35-,52-49-. The minimum Gasteiger partial charge on any atom is -0.462 e. The molecule has 0 bridgehead atoms. The Labute approximate surface area is 644 Å². The van der Waals surface area contributed by atoms with Gasteiger partial charge in [0.05, 0.1) is 26.4 Å². The summed E-state index contributed by atoms with van der Waals surface area (Å²) in [4.78, 5) is 73.1. The first-order valence-corrected chi connectivity index (χ1v) is 44.4. The van der Waals surface area contributed by atoms with Crippen LogP contribution < -0.4 is 0 Å². The summed E-state index contributed by atoms with van der Waals surface area (Å²) in [5.74, 6) is -2.23. The quantitative estimate of drug-likeness (QED) is 0.0169. The van der Waals surface area contributed by atoms with Crippen LogP contribution in [0.25, 0.3) is 0 Å². The molecule has 0 saturated carbocycles. The van der Waals surface area contributed by atoms with Crippen LogP contribution in [0.1, 0.15) is 336 Å². The molecule has 0 aliphatic carbocycles. The summed E-state index contributed by atoms with van der Waals surface area (Å²) in [6, 6.07) is 0. The second-order valence-corrected chi connectivity index (χ2v) is 30.2. The highest BCUT2D eigenvalue weighted by Crippen LogP contribution is 2.45. The highest BCUT2D eigenvalue weighted by molar-refractivity contribution is 7.47. The second-order valence-electron chi connectivity index (χ2n) is 27.3. The molecule has 5 atom stereocenters. The maximum Gasteiger partial charge on any atom is 0.472 e. The molecule has 0 aromatic carbocycles. The van der Waals surface area contributed by atoms with Crippen molar-refractivity contribution in [3.63, 3.8) is 0 Å². The van der Waals surface area contributed by atoms with Crippen molar-refractivity contribution >= 4 is 39.5 Å². The van der Waals surface area contributed by atoms with Gasteiger partial charge in [-0.3, -0.25) is 37.3 Å². The van der Waals surface area contributed by atoms with Crippen LogP contribution in [-0.4, -0.2) is 96.7 Å². The van der Waals surface area contributed by atoms with Crippen LogP contribution in [0.15, 0.2) is 134 Å². The molecule has 0 aromatic heterocycles. The highest BCUT2D eigenvalue weighted by atomic mass is 31.2. The zero-order valence-corrected chi connectivity index (χ0v) is 68.4. The number of aliphatic hydroxyl groups excluding tert-OH is 1. The van der Waals surface area contributed by atoms with E-state index >= 15 is 0 Å². The summed E-state index contributed by atoms with van der Waals surface area (Å²) in [6.07, 6.45) is 88.4. The van der Waals surface area contributed by atoms with Crippen molar-refractivity contribution in [3.05, 3.63) is 134 Å². The van der Waals surface area contributed by atoms with Crippen molar-refractivity contribution in [3.8, 4) is 0 Å². The molecule has 0 aromatic rings. The average Bonchev–Trinajstić information content (AvgIpc) is 0.903. The Hall–Kier alpha value is -4.80. The monoisotopic (exact) mass is 1530 g/mol. The van der Waals surface area contributed by atoms with Gasteiger partial charge in [-0.25, -0.2) is 9.13 Å². The molecule has 19 heteroatoms. The number of phosphoric ester groups is 2. The van der Waals surface area contributed by atoms with Gasteiger partial charge in [-0.2, -0.15) is 0 Å². The van der Waals surface area contributed by atoms with Crippen molar-refractivity contribution < 1.29 is 80.2 Å². The van der Waals surface area contributed by atoms with E-state index in [2.05, 4.69) is 161 Å². The summed E-state index contributed by atoms with van der Waals surface area (Å²) in [5, 5.41) is 10.7. The average molecular weight is 1530 g/mol. The van der Waals surface area contributed by atoms with E-state index in [1.165, 1.54) is 70.6 Å². The summed E-state index contributed by atoms with van der Waals surface area (Å²) < 4.78 is 68.7. The third kappa shape index (κ3) is 77.4. The fourth-order valence-corrected chi connectivity index (χ4v) is 12.4. The molecule has 106 heavy (non-hydrogen) atoms. The van der Waals surface area contributed by atoms with Crippen LogP contribution in [-0.2, 0) is 65.4 Å². The number of esters is 4. The van der Waals surface area contributed by atoms with Crippen LogP contribution in [0.3, 0.4) is 0 Å². The molecule has 0 heterocycles. The number of phosphoric acid groups is 2. The highest BCUT2D eigenvalue weighted by Gasteiger charge is 2.30. The Bertz CT molecular complexity index is 2530. The number of allylic oxidation sites excluding steroid dienone is 22. The van der Waals surface area contributed by atoms with E-state index in [0.29, 0.717) is 25.7 Å². The molecule has 5 unspecified atom stereocenters. The predicted octanol–water partition coefficient (Wildman–Crippen LogP) is 24.4. The Morgan fingerprint density at radius 2 is 0.491 bits per heavy atom. The van der Waals surface area contributed by atoms with Crippen LogP contribution in [0, 0.1) is 0 Å². The largest absolute Gasteiger partial charge is 0.472 e. The van der Waals surface area contributed by atoms with Crippen molar-refractivity contribution in [2.24, 2.45) is 0 Å². The Morgan fingerprint density at radius 1 is 0.274 bits per heavy atom. The van der Waals surface area contributed by atoms with Gasteiger partial charge in [-0.1, -0.05) is 303 Å². The number of carbonyl (C=O) groups is 4. The number of rotatable bonds is 77. The van der Waals surface area contributed by atoms with E-state index in [4.69, 9.17) is 37.0 Å². The molecule has 0 saturated heterocycles. The van der Waals surface area contributed by atoms with Crippen molar-refractivity contribution in [2.75, 3.05) is 39.6 Å². The van der Waals surface area contributed by atoms with Crippen molar-refractivity contribution in [1.82, 2.24) is 0 Å². The second kappa shape index (κ2) is 78.3. The molecule has 0 fully saturated rings. The van der Waals surface area contributed by atoms with Gasteiger partial charge in [0, 0.05) is 25.7 Å². The normalized spacial score (nSPS) is 14.5. The fourth-order valence-electron chi connectivity index (χ4n) is 10.9. The van der Waals surface area contributed by atoms with Gasteiger partial charge >= 0.3 is 39.5 Å². The minimum atomic E-state index is -5.00. The van der Waals surface area contributed by atoms with E-state index in [-0.39, 0.29) is 25.7 Å². The molecule has 3 N–H and O–H groups in total. The van der Waals surface area contributed by atoms with E-state index in [9.17, 15) is 43.2 Å². The molecule has 608 valence electrons. The lowest BCUT2D eigenvalue weighted by Crippen LogP contribution is -2.30. The van der Waals surface area contributed by atoms with Gasteiger partial charge < -0.3 is 33.8 Å². The number of carbonyl (C=O) groups excluding carboxylic acids is 4. The maximum absolute atomic E-state index is 13.1. The summed E-state index contributed by atoms with van der Waals surface area (Å²) in [7, 11) is -9.98. The van der Waals surface area contributed by atoms with E-state index in [1.807, 2.05) is 0 Å². The SMILES string of the molecule is CC/C=C\C/C=C\C/C=C\C/C=C\C/C=C\CCCCCC(=O)OCC(COP(=O)(O)OCC(O)COP(=O)(O)OCC(COC(=O)CCCCCCC/C=C\C/C=C\C/C=C\CC)OC(=O)CCCCCCCCCCCCCCC)OC(=O)CCCCCCCC/C=C\C/C=C\C/C=C\CCCCC. The summed E-state index contributed by atoms with van der Waals surface area (Å²) in [6.45, 7) is 4.58. The van der Waals surface area contributed by atoms with Crippen molar-refractivity contribution in [2.45, 2.75) is 354 Å². The molecule has 0 amide bonds. The van der Waals surface area contributed by atoms with Gasteiger partial charge in [-0.05, 0) is 141 Å². The summed E-state index contributed by atoms with van der Waals surface area (Å²) in [5.41, 5.74) is 0. The van der Waals surface area contributed by atoms with E-state index < -0.39 is 97.5 Å². The van der Waals surface area contributed by atoms with Crippen LogP contribution >= 0.6 is 15.6 Å². The third-order valence-corrected chi connectivity index (χ3v) is 19.0. The van der Waals surface area contributed by atoms with Crippen LogP contribution in [0.2, 0.25) is 0 Å². The zero-order chi connectivity index (χ0) is 77.4. The molecular formula is C87H148O17P2. The molecular weight excluding hydrogens is 1380 g/mol. The van der Waals surface area contributed by atoms with Crippen molar-refractivity contribution in [1.29, 1.82) is 0 Å². The van der Waals surface area contributed by atoms with Gasteiger partial charge in [0.2, 0.25) is 0 Å². The third-order valence-electron chi connectivity index (χ3n) is 17.1. The van der Waals surface area contributed by atoms with Crippen LogP contribution in [0.5, 0.6) is 0 Å². The number of ether oxygens (including phenoxy) is 4. The first-order chi connectivity index (χ1) is 51.7. The summed E-state index contributed by atoms with van der Waals surface area (Å²) >= 11 is 0. The number of hydrogen-bond acceptors (Lipinski definition) is 15. The smallest absolute Gasteiger partial charge is 0.462 e. The number of aliphatic hydroxyl groups is 1. The molecule has 0 rings (SSSR count). The topological polar surface area (TPSA) is 237 Å². The maximum atomic E-state index is 13.1. The lowest BCUT2D eigenvalue weighted by atomic mass is 10.0. The molecule has 0 aliphatic rings. The van der Waals surface area contributed by atoms with Gasteiger partial charge in [0.25, 0.3) is 0 Å². The number of unbranched alkanes of at least 4 members (excludes halogenated alkanes) is 29. The van der Waals surface area contributed by atoms with E-state index in [1.54, 1.807) is 0 Å². The fraction of sp³-hybridized carbons (Fsp3) is 0.701. The first-order valence-electron chi connectivity index (χ1n) is 41.4. The lowest BCUT2D eigenvalue weighted by molar-refractivity contribution is -0.161. The Morgan fingerprint density at radius 3 is 0.783 bits per heavy atom. The minimum absolute atomic E-state index is 0.0697. The van der Waals surface area contributed by atoms with Gasteiger partial charge in [0.15, 0.2) is 12.2 Å². The molecule has 17 nitrogen and oxygen atoms in total. The predicted molar refractivity (Wildman–Crippen MR) is 436 cm³/mol. The Balaban J connectivity index is 5.42. The van der Waals surface area contributed by atoms with E-state index in [0.717, 1.165) is 186 Å². The first kappa shape index (κ1) is 101. The van der Waals surface area contributed by atoms with Gasteiger partial charge in [0.1, 0.15) is 19.3 Å². The lowest BCUT2D eigenvalue weighted by Gasteiger charge is -2.21. The molecule has 0 radical (unpaired) electrons. The molecule has 0 aliphatic heterocycles. The van der Waals surface area contributed by atoms with Crippen LogP contribution in [0.4, 0.5) is 0 Å². The number of hydrogen-bond donors (Lipinski definition) is 3. The zero-order valence-electron chi connectivity index (χ0n) is 66.6. The van der Waals surface area contributed by atoms with Gasteiger partial charge in [-0.15, -0.1) is 0 Å². The molecule has 0 spiro atoms. The Kier molecular flexibility index (Phi) is 74.8.